The zero-order valence-corrected chi connectivity index (χ0v) is 14.0. The van der Waals surface area contributed by atoms with Crippen LogP contribution in [0.1, 0.15) is 20.2 Å². The number of carbonyl (C=O) groups excluding carboxylic acids is 2. The Balaban J connectivity index is 1.65. The van der Waals surface area contributed by atoms with Crippen molar-refractivity contribution < 1.29 is 14.0 Å². The molecule has 2 N–H and O–H groups in total. The van der Waals surface area contributed by atoms with E-state index in [1.54, 1.807) is 29.6 Å². The smallest absolute Gasteiger partial charge is 0.302 e. The number of carbonyl (C=O) groups is 2. The second kappa shape index (κ2) is 6.76. The van der Waals surface area contributed by atoms with Gasteiger partial charge in [0.25, 0.3) is 11.8 Å². The van der Waals surface area contributed by atoms with E-state index in [1.165, 1.54) is 17.6 Å². The first-order chi connectivity index (χ1) is 11.1. The number of hydrogen-bond donors (Lipinski definition) is 2. The van der Waals surface area contributed by atoms with E-state index < -0.39 is 5.91 Å². The molecule has 2 heterocycles. The Morgan fingerprint density at radius 3 is 2.57 bits per heavy atom. The fraction of sp³-hybridized carbons (Fsp3) is 0. The summed E-state index contributed by atoms with van der Waals surface area (Å²) in [4.78, 5) is 28.4. The highest BCUT2D eigenvalue weighted by atomic mass is 79.9. The van der Waals surface area contributed by atoms with Gasteiger partial charge in [0.15, 0.2) is 5.69 Å². The first-order valence-corrected chi connectivity index (χ1v) is 8.16. The van der Waals surface area contributed by atoms with Crippen molar-refractivity contribution in [3.8, 4) is 0 Å². The number of amides is 2. The van der Waals surface area contributed by atoms with Crippen LogP contribution >= 0.6 is 27.3 Å². The molecule has 8 heteroatoms. The quantitative estimate of drug-likeness (QED) is 0.703. The SMILES string of the molecule is O=C(Nc1ccc(Br)cc1)c1coc(NC(=O)c2cccs2)n1. The third kappa shape index (κ3) is 3.85. The first kappa shape index (κ1) is 15.4. The molecule has 2 aromatic heterocycles. The molecule has 116 valence electrons. The van der Waals surface area contributed by atoms with Crippen molar-refractivity contribution >= 4 is 50.8 Å². The second-order valence-electron chi connectivity index (χ2n) is 4.43. The Kier molecular flexibility index (Phi) is 4.54. The fourth-order valence-corrected chi connectivity index (χ4v) is 2.61. The van der Waals surface area contributed by atoms with Crippen molar-refractivity contribution in [2.75, 3.05) is 10.6 Å². The second-order valence-corrected chi connectivity index (χ2v) is 6.29. The predicted molar refractivity (Wildman–Crippen MR) is 90.9 cm³/mol. The molecule has 0 bridgehead atoms. The van der Waals surface area contributed by atoms with Gasteiger partial charge < -0.3 is 9.73 Å². The van der Waals surface area contributed by atoms with Gasteiger partial charge in [-0.25, -0.2) is 0 Å². The summed E-state index contributed by atoms with van der Waals surface area (Å²) in [6.07, 6.45) is 1.19. The van der Waals surface area contributed by atoms with Crippen LogP contribution in [0.4, 0.5) is 11.7 Å². The van der Waals surface area contributed by atoms with Gasteiger partial charge in [-0.15, -0.1) is 11.3 Å². The third-order valence-corrected chi connectivity index (χ3v) is 4.20. The van der Waals surface area contributed by atoms with Crippen LogP contribution in [0.5, 0.6) is 0 Å². The Morgan fingerprint density at radius 2 is 1.87 bits per heavy atom. The summed E-state index contributed by atoms with van der Waals surface area (Å²) in [6.45, 7) is 0. The van der Waals surface area contributed by atoms with Gasteiger partial charge in [-0.3, -0.25) is 14.9 Å². The molecule has 3 aromatic rings. The largest absolute Gasteiger partial charge is 0.431 e. The third-order valence-electron chi connectivity index (χ3n) is 2.80. The summed E-state index contributed by atoms with van der Waals surface area (Å²) < 4.78 is 6.02. The summed E-state index contributed by atoms with van der Waals surface area (Å²) in [6, 6.07) is 10.6. The first-order valence-electron chi connectivity index (χ1n) is 6.49. The van der Waals surface area contributed by atoms with Gasteiger partial charge in [-0.05, 0) is 35.7 Å². The minimum absolute atomic E-state index is 0.0237. The molecule has 0 aliphatic carbocycles. The molecule has 0 saturated heterocycles. The van der Waals surface area contributed by atoms with Crippen molar-refractivity contribution in [1.29, 1.82) is 0 Å². The lowest BCUT2D eigenvalue weighted by Crippen LogP contribution is -2.13. The monoisotopic (exact) mass is 391 g/mol. The van der Waals surface area contributed by atoms with E-state index in [-0.39, 0.29) is 17.6 Å². The lowest BCUT2D eigenvalue weighted by Gasteiger charge is -2.02. The van der Waals surface area contributed by atoms with Crippen LogP contribution in [0.3, 0.4) is 0 Å². The summed E-state index contributed by atoms with van der Waals surface area (Å²) in [5.74, 6) is -0.755. The van der Waals surface area contributed by atoms with Crippen LogP contribution in [0, 0.1) is 0 Å². The van der Waals surface area contributed by atoms with E-state index in [4.69, 9.17) is 4.42 Å². The number of benzene rings is 1. The highest BCUT2D eigenvalue weighted by molar-refractivity contribution is 9.10. The highest BCUT2D eigenvalue weighted by Gasteiger charge is 2.15. The molecule has 0 fully saturated rings. The molecular formula is C15H10BrN3O3S. The van der Waals surface area contributed by atoms with Gasteiger partial charge in [0.1, 0.15) is 6.26 Å². The lowest BCUT2D eigenvalue weighted by atomic mass is 10.3. The van der Waals surface area contributed by atoms with Gasteiger partial charge in [-0.2, -0.15) is 4.98 Å². The molecule has 0 spiro atoms. The number of thiophene rings is 1. The number of rotatable bonds is 4. The standard InChI is InChI=1S/C15H10BrN3O3S/c16-9-3-5-10(6-4-9)17-13(20)11-8-22-15(18-11)19-14(21)12-2-1-7-23-12/h1-8H,(H,17,20)(H,18,19,21). The van der Waals surface area contributed by atoms with Gasteiger partial charge in [0.05, 0.1) is 4.88 Å². The molecule has 3 rings (SSSR count). The number of nitrogens with zero attached hydrogens (tertiary/aromatic N) is 1. The van der Waals surface area contributed by atoms with Gasteiger partial charge in [0, 0.05) is 10.2 Å². The topological polar surface area (TPSA) is 84.2 Å². The Hall–Kier alpha value is -2.45. The molecule has 6 nitrogen and oxygen atoms in total. The van der Waals surface area contributed by atoms with Crippen LogP contribution < -0.4 is 10.6 Å². The molecule has 1 aromatic carbocycles. The van der Waals surface area contributed by atoms with Crippen LogP contribution in [0.25, 0.3) is 0 Å². The molecular weight excluding hydrogens is 382 g/mol. The Bertz CT molecular complexity index is 828. The van der Waals surface area contributed by atoms with Crippen molar-refractivity contribution in [3.05, 3.63) is 63.1 Å². The zero-order chi connectivity index (χ0) is 16.2. The average molecular weight is 392 g/mol. The lowest BCUT2D eigenvalue weighted by molar-refractivity contribution is 0.101. The zero-order valence-electron chi connectivity index (χ0n) is 11.6. The van der Waals surface area contributed by atoms with E-state index >= 15 is 0 Å². The van der Waals surface area contributed by atoms with E-state index in [9.17, 15) is 9.59 Å². The molecule has 0 radical (unpaired) electrons. The average Bonchev–Trinajstić information content (AvgIpc) is 3.20. The van der Waals surface area contributed by atoms with Crippen molar-refractivity contribution in [2.24, 2.45) is 0 Å². The van der Waals surface area contributed by atoms with Crippen LogP contribution in [0.2, 0.25) is 0 Å². The number of aromatic nitrogens is 1. The van der Waals surface area contributed by atoms with Gasteiger partial charge in [-0.1, -0.05) is 22.0 Å². The van der Waals surface area contributed by atoms with E-state index in [0.717, 1.165) is 4.47 Å². The number of oxazole rings is 1. The number of hydrogen-bond acceptors (Lipinski definition) is 5. The maximum absolute atomic E-state index is 12.1. The fourth-order valence-electron chi connectivity index (χ4n) is 1.73. The van der Waals surface area contributed by atoms with E-state index in [1.807, 2.05) is 12.1 Å². The molecule has 0 unspecified atom stereocenters. The maximum Gasteiger partial charge on any atom is 0.302 e. The van der Waals surface area contributed by atoms with Crippen LogP contribution in [0.15, 0.2) is 56.9 Å². The van der Waals surface area contributed by atoms with Crippen LogP contribution in [-0.4, -0.2) is 16.8 Å². The van der Waals surface area contributed by atoms with E-state index in [2.05, 4.69) is 31.5 Å². The van der Waals surface area contributed by atoms with Gasteiger partial charge >= 0.3 is 6.01 Å². The molecule has 0 aliphatic rings. The number of anilines is 2. The normalized spacial score (nSPS) is 10.3. The summed E-state index contributed by atoms with van der Waals surface area (Å²) >= 11 is 4.62. The van der Waals surface area contributed by atoms with E-state index in [0.29, 0.717) is 10.6 Å². The van der Waals surface area contributed by atoms with Crippen LogP contribution in [-0.2, 0) is 0 Å². The number of halogens is 1. The Morgan fingerprint density at radius 1 is 1.09 bits per heavy atom. The molecule has 0 saturated carbocycles. The van der Waals surface area contributed by atoms with Crippen molar-refractivity contribution in [3.63, 3.8) is 0 Å². The van der Waals surface area contributed by atoms with Crippen molar-refractivity contribution in [2.45, 2.75) is 0 Å². The van der Waals surface area contributed by atoms with Gasteiger partial charge in [0.2, 0.25) is 0 Å². The number of nitrogens with one attached hydrogen (secondary N) is 2. The Labute approximate surface area is 143 Å². The van der Waals surface area contributed by atoms with Crippen molar-refractivity contribution in [1.82, 2.24) is 4.98 Å². The minimum Gasteiger partial charge on any atom is -0.431 e. The molecule has 23 heavy (non-hydrogen) atoms. The molecule has 0 aliphatic heterocycles. The maximum atomic E-state index is 12.1. The summed E-state index contributed by atoms with van der Waals surface area (Å²) in [5, 5.41) is 6.98. The summed E-state index contributed by atoms with van der Waals surface area (Å²) in [5.41, 5.74) is 0.708. The predicted octanol–water partition coefficient (Wildman–Crippen LogP) is 4.00. The summed E-state index contributed by atoms with van der Waals surface area (Å²) in [7, 11) is 0. The molecule has 2 amide bonds. The highest BCUT2D eigenvalue weighted by Crippen LogP contribution is 2.16. The molecule has 0 atom stereocenters. The minimum atomic E-state index is -0.423.